The second kappa shape index (κ2) is 5.79. The van der Waals surface area contributed by atoms with Crippen molar-refractivity contribution in [3.8, 4) is 5.75 Å². The van der Waals surface area contributed by atoms with E-state index in [1.54, 1.807) is 19.2 Å². The summed E-state index contributed by atoms with van der Waals surface area (Å²) in [5.41, 5.74) is 0.791. The van der Waals surface area contributed by atoms with Crippen LogP contribution in [-0.2, 0) is 6.54 Å². The molecule has 18 heavy (non-hydrogen) atoms. The molecule has 0 spiro atoms. The summed E-state index contributed by atoms with van der Waals surface area (Å²) < 4.78 is 5.23. The normalized spacial score (nSPS) is 16.5. The highest BCUT2D eigenvalue weighted by molar-refractivity contribution is 5.49. The van der Waals surface area contributed by atoms with Crippen LogP contribution >= 0.6 is 0 Å². The fraction of sp³-hybridized carbons (Fsp3) is 0.500. The summed E-state index contributed by atoms with van der Waals surface area (Å²) in [7, 11) is 1.54. The number of nitrogens with one attached hydrogen (secondary N) is 1. The average molecular weight is 251 g/mol. The number of hydrogen-bond acceptors (Lipinski definition) is 5. The number of ether oxygens (including phenoxy) is 1. The fourth-order valence-electron chi connectivity index (χ4n) is 2.17. The van der Waals surface area contributed by atoms with Crippen molar-refractivity contribution in [2.75, 3.05) is 33.3 Å². The standard InChI is InChI=1S/C12H17N3O3/c1-18-12-4-2-3-11(15(16)17)10(12)9-14-7-5-13-6-8-14/h2-4,13H,5-9H2,1H3. The average Bonchev–Trinajstić information content (AvgIpc) is 2.40. The van der Waals surface area contributed by atoms with E-state index < -0.39 is 0 Å². The van der Waals surface area contributed by atoms with Crippen molar-refractivity contribution in [3.63, 3.8) is 0 Å². The zero-order valence-corrected chi connectivity index (χ0v) is 10.4. The number of nitro benzene ring substituents is 1. The number of benzene rings is 1. The molecule has 0 saturated carbocycles. The first-order valence-corrected chi connectivity index (χ1v) is 5.95. The smallest absolute Gasteiger partial charge is 0.277 e. The van der Waals surface area contributed by atoms with Gasteiger partial charge in [-0.25, -0.2) is 0 Å². The number of methoxy groups -OCH3 is 1. The molecule has 1 heterocycles. The van der Waals surface area contributed by atoms with Crippen molar-refractivity contribution in [3.05, 3.63) is 33.9 Å². The Bertz CT molecular complexity index is 431. The van der Waals surface area contributed by atoms with Crippen molar-refractivity contribution in [2.45, 2.75) is 6.54 Å². The van der Waals surface area contributed by atoms with E-state index in [0.717, 1.165) is 26.2 Å². The predicted octanol–water partition coefficient (Wildman–Crippen LogP) is 1.01. The van der Waals surface area contributed by atoms with Crippen LogP contribution in [-0.4, -0.2) is 43.1 Å². The summed E-state index contributed by atoms with van der Waals surface area (Å²) in [6.45, 7) is 4.19. The zero-order chi connectivity index (χ0) is 13.0. The summed E-state index contributed by atoms with van der Waals surface area (Å²) in [5.74, 6) is 0.586. The first kappa shape index (κ1) is 12.8. The third-order valence-electron chi connectivity index (χ3n) is 3.12. The van der Waals surface area contributed by atoms with E-state index in [0.29, 0.717) is 17.9 Å². The second-order valence-electron chi connectivity index (χ2n) is 4.24. The van der Waals surface area contributed by atoms with E-state index >= 15 is 0 Å². The van der Waals surface area contributed by atoms with Crippen molar-refractivity contribution in [1.82, 2.24) is 10.2 Å². The highest BCUT2D eigenvalue weighted by Gasteiger charge is 2.21. The lowest BCUT2D eigenvalue weighted by Crippen LogP contribution is -2.43. The van der Waals surface area contributed by atoms with E-state index in [4.69, 9.17) is 4.74 Å². The molecule has 2 rings (SSSR count). The Balaban J connectivity index is 2.25. The molecule has 1 aliphatic rings. The van der Waals surface area contributed by atoms with E-state index in [1.807, 2.05) is 0 Å². The molecule has 1 aromatic carbocycles. The summed E-state index contributed by atoms with van der Waals surface area (Å²) >= 11 is 0. The molecule has 0 radical (unpaired) electrons. The molecule has 1 aromatic rings. The Morgan fingerprint density at radius 3 is 2.78 bits per heavy atom. The maximum atomic E-state index is 11.1. The number of nitro groups is 1. The van der Waals surface area contributed by atoms with Crippen LogP contribution in [0, 0.1) is 10.1 Å². The molecule has 0 bridgehead atoms. The minimum atomic E-state index is -0.347. The Hall–Kier alpha value is -1.66. The van der Waals surface area contributed by atoms with E-state index in [1.165, 1.54) is 6.07 Å². The van der Waals surface area contributed by atoms with Gasteiger partial charge in [-0.05, 0) is 6.07 Å². The fourth-order valence-corrected chi connectivity index (χ4v) is 2.17. The molecule has 1 fully saturated rings. The number of piperazine rings is 1. The maximum absolute atomic E-state index is 11.1. The number of nitrogens with zero attached hydrogens (tertiary/aromatic N) is 2. The molecular formula is C12H17N3O3. The molecule has 6 heteroatoms. The van der Waals surface area contributed by atoms with E-state index in [-0.39, 0.29) is 10.6 Å². The molecule has 0 unspecified atom stereocenters. The van der Waals surface area contributed by atoms with Gasteiger partial charge in [0.15, 0.2) is 0 Å². The molecule has 6 nitrogen and oxygen atoms in total. The van der Waals surface area contributed by atoms with Crippen LogP contribution in [0.1, 0.15) is 5.56 Å². The van der Waals surface area contributed by atoms with Crippen molar-refractivity contribution in [1.29, 1.82) is 0 Å². The van der Waals surface area contributed by atoms with Crippen LogP contribution in [0.5, 0.6) is 5.75 Å². The van der Waals surface area contributed by atoms with Gasteiger partial charge in [-0.15, -0.1) is 0 Å². The molecule has 0 aliphatic carbocycles. The van der Waals surface area contributed by atoms with E-state index in [9.17, 15) is 10.1 Å². The van der Waals surface area contributed by atoms with Crippen LogP contribution in [0.25, 0.3) is 0 Å². The topological polar surface area (TPSA) is 67.6 Å². The van der Waals surface area contributed by atoms with Crippen molar-refractivity contribution < 1.29 is 9.66 Å². The quantitative estimate of drug-likeness (QED) is 0.639. The molecule has 1 saturated heterocycles. The van der Waals surface area contributed by atoms with Crippen LogP contribution in [0.15, 0.2) is 18.2 Å². The summed E-state index contributed by atoms with van der Waals surface area (Å²) in [6, 6.07) is 4.95. The van der Waals surface area contributed by atoms with Crippen molar-refractivity contribution >= 4 is 5.69 Å². The van der Waals surface area contributed by atoms with Gasteiger partial charge < -0.3 is 10.1 Å². The molecular weight excluding hydrogens is 234 g/mol. The number of hydrogen-bond donors (Lipinski definition) is 1. The first-order valence-electron chi connectivity index (χ1n) is 5.95. The highest BCUT2D eigenvalue weighted by Crippen LogP contribution is 2.29. The van der Waals surface area contributed by atoms with Gasteiger partial charge in [0.25, 0.3) is 5.69 Å². The van der Waals surface area contributed by atoms with Gasteiger partial charge in [-0.1, -0.05) is 6.07 Å². The largest absolute Gasteiger partial charge is 0.496 e. The van der Waals surface area contributed by atoms with Crippen LogP contribution in [0.4, 0.5) is 5.69 Å². The van der Waals surface area contributed by atoms with Gasteiger partial charge in [0.05, 0.1) is 17.6 Å². The SMILES string of the molecule is COc1cccc([N+](=O)[O-])c1CN1CCNCC1. The lowest BCUT2D eigenvalue weighted by Gasteiger charge is -2.27. The Morgan fingerprint density at radius 1 is 1.44 bits per heavy atom. The second-order valence-corrected chi connectivity index (χ2v) is 4.24. The van der Waals surface area contributed by atoms with Crippen LogP contribution in [0.2, 0.25) is 0 Å². The number of rotatable bonds is 4. The molecule has 1 aliphatic heterocycles. The summed E-state index contributed by atoms with van der Waals surface area (Å²) in [4.78, 5) is 12.9. The molecule has 0 aromatic heterocycles. The summed E-state index contributed by atoms with van der Waals surface area (Å²) in [5, 5.41) is 14.3. The third-order valence-corrected chi connectivity index (χ3v) is 3.12. The minimum absolute atomic E-state index is 0.132. The van der Waals surface area contributed by atoms with Crippen LogP contribution < -0.4 is 10.1 Å². The Labute approximate surface area is 106 Å². The molecule has 0 atom stereocenters. The Morgan fingerprint density at radius 2 is 2.17 bits per heavy atom. The molecule has 1 N–H and O–H groups in total. The van der Waals surface area contributed by atoms with Gasteiger partial charge in [-0.2, -0.15) is 0 Å². The molecule has 0 amide bonds. The third kappa shape index (κ3) is 2.77. The van der Waals surface area contributed by atoms with Gasteiger partial charge in [-0.3, -0.25) is 15.0 Å². The predicted molar refractivity (Wildman–Crippen MR) is 67.8 cm³/mol. The zero-order valence-electron chi connectivity index (χ0n) is 10.4. The lowest BCUT2D eigenvalue weighted by atomic mass is 10.1. The van der Waals surface area contributed by atoms with Crippen molar-refractivity contribution in [2.24, 2.45) is 0 Å². The first-order chi connectivity index (χ1) is 8.72. The maximum Gasteiger partial charge on any atom is 0.277 e. The van der Waals surface area contributed by atoms with Gasteiger partial charge >= 0.3 is 0 Å². The molecule has 98 valence electrons. The Kier molecular flexibility index (Phi) is 4.11. The van der Waals surface area contributed by atoms with Crippen LogP contribution in [0.3, 0.4) is 0 Å². The van der Waals surface area contributed by atoms with Gasteiger partial charge in [0.1, 0.15) is 5.75 Å². The minimum Gasteiger partial charge on any atom is -0.496 e. The lowest BCUT2D eigenvalue weighted by molar-refractivity contribution is -0.385. The monoisotopic (exact) mass is 251 g/mol. The highest BCUT2D eigenvalue weighted by atomic mass is 16.6. The summed E-state index contributed by atoms with van der Waals surface area (Å²) in [6.07, 6.45) is 0. The van der Waals surface area contributed by atoms with Gasteiger partial charge in [0, 0.05) is 38.8 Å². The van der Waals surface area contributed by atoms with E-state index in [2.05, 4.69) is 10.2 Å². The van der Waals surface area contributed by atoms with Gasteiger partial charge in [0.2, 0.25) is 0 Å².